The lowest BCUT2D eigenvalue weighted by molar-refractivity contribution is 0.1000. The van der Waals surface area contributed by atoms with E-state index in [0.717, 1.165) is 6.42 Å². The predicted molar refractivity (Wildman–Crippen MR) is 56.1 cm³/mol. The molecule has 1 aromatic heterocycles. The highest BCUT2D eigenvalue weighted by molar-refractivity contribution is 7.89. The van der Waals surface area contributed by atoms with Crippen LogP contribution in [-0.2, 0) is 10.0 Å². The summed E-state index contributed by atoms with van der Waals surface area (Å²) in [5.41, 5.74) is 5.23. The highest BCUT2D eigenvalue weighted by atomic mass is 32.2. The third-order valence-electron chi connectivity index (χ3n) is 2.44. The van der Waals surface area contributed by atoms with E-state index in [2.05, 4.69) is 4.98 Å². The van der Waals surface area contributed by atoms with Gasteiger partial charge in [0.15, 0.2) is 5.03 Å². The maximum absolute atomic E-state index is 11.8. The molecule has 0 saturated carbocycles. The van der Waals surface area contributed by atoms with Gasteiger partial charge in [-0.05, 0) is 18.6 Å². The number of primary amides is 1. The number of aromatic nitrogens is 1. The Kier molecular flexibility index (Phi) is 2.64. The van der Waals surface area contributed by atoms with Gasteiger partial charge in [0.1, 0.15) is 0 Å². The summed E-state index contributed by atoms with van der Waals surface area (Å²) in [6.07, 6.45) is 2.05. The maximum Gasteiger partial charge on any atom is 0.260 e. The molecule has 7 heteroatoms. The van der Waals surface area contributed by atoms with Crippen molar-refractivity contribution in [2.24, 2.45) is 5.73 Å². The van der Waals surface area contributed by atoms with Crippen molar-refractivity contribution >= 4 is 15.9 Å². The van der Waals surface area contributed by atoms with Gasteiger partial charge in [0.25, 0.3) is 10.0 Å². The Labute approximate surface area is 93.1 Å². The van der Waals surface area contributed by atoms with Crippen molar-refractivity contribution in [3.05, 3.63) is 23.9 Å². The minimum absolute atomic E-state index is 0.0443. The highest BCUT2D eigenvalue weighted by Crippen LogP contribution is 2.19. The van der Waals surface area contributed by atoms with Crippen LogP contribution in [0.15, 0.2) is 23.4 Å². The topological polar surface area (TPSA) is 93.4 Å². The highest BCUT2D eigenvalue weighted by Gasteiger charge is 2.30. The standard InChI is InChI=1S/C9H11N3O3S/c10-9(13)7-2-3-8(11-6-7)16(14,15)12-4-1-5-12/h2-3,6H,1,4-5H2,(H2,10,13). The quantitative estimate of drug-likeness (QED) is 0.777. The summed E-state index contributed by atoms with van der Waals surface area (Å²) in [5, 5.41) is -0.0443. The van der Waals surface area contributed by atoms with E-state index in [-0.39, 0.29) is 10.6 Å². The first-order valence-corrected chi connectivity index (χ1v) is 6.22. The molecule has 0 aromatic carbocycles. The second-order valence-corrected chi connectivity index (χ2v) is 5.39. The van der Waals surface area contributed by atoms with E-state index >= 15 is 0 Å². The van der Waals surface area contributed by atoms with Crippen molar-refractivity contribution in [3.63, 3.8) is 0 Å². The van der Waals surface area contributed by atoms with Crippen LogP contribution in [0.1, 0.15) is 16.8 Å². The van der Waals surface area contributed by atoms with Gasteiger partial charge in [-0.2, -0.15) is 4.31 Å². The van der Waals surface area contributed by atoms with E-state index in [0.29, 0.717) is 13.1 Å². The zero-order valence-electron chi connectivity index (χ0n) is 8.46. The third-order valence-corrected chi connectivity index (χ3v) is 4.26. The maximum atomic E-state index is 11.8. The predicted octanol–water partition coefficient (Wildman–Crippen LogP) is -0.425. The molecule has 86 valence electrons. The lowest BCUT2D eigenvalue weighted by atomic mass is 10.3. The minimum atomic E-state index is -3.47. The van der Waals surface area contributed by atoms with Crippen LogP contribution >= 0.6 is 0 Å². The molecule has 1 saturated heterocycles. The first-order chi connectivity index (χ1) is 7.51. The zero-order chi connectivity index (χ0) is 11.8. The Morgan fingerprint density at radius 2 is 2.06 bits per heavy atom. The number of rotatable bonds is 3. The molecular formula is C9H11N3O3S. The fourth-order valence-electron chi connectivity index (χ4n) is 1.34. The summed E-state index contributed by atoms with van der Waals surface area (Å²) in [7, 11) is -3.47. The summed E-state index contributed by atoms with van der Waals surface area (Å²) in [6.45, 7) is 1.06. The second-order valence-electron chi connectivity index (χ2n) is 3.51. The summed E-state index contributed by atoms with van der Waals surface area (Å²) >= 11 is 0. The molecule has 0 spiro atoms. The third kappa shape index (κ3) is 1.79. The van der Waals surface area contributed by atoms with Crippen molar-refractivity contribution < 1.29 is 13.2 Å². The Balaban J connectivity index is 2.31. The van der Waals surface area contributed by atoms with Crippen LogP contribution in [0.2, 0.25) is 0 Å². The molecule has 1 aliphatic rings. The number of carbonyl (C=O) groups excluding carboxylic acids is 1. The van der Waals surface area contributed by atoms with Gasteiger partial charge in [-0.1, -0.05) is 0 Å². The van der Waals surface area contributed by atoms with E-state index < -0.39 is 15.9 Å². The number of nitrogens with two attached hydrogens (primary N) is 1. The van der Waals surface area contributed by atoms with E-state index in [1.807, 2.05) is 0 Å². The Morgan fingerprint density at radius 1 is 1.38 bits per heavy atom. The number of nitrogens with zero attached hydrogens (tertiary/aromatic N) is 2. The van der Waals surface area contributed by atoms with E-state index in [1.54, 1.807) is 0 Å². The summed E-state index contributed by atoms with van der Waals surface area (Å²) in [6, 6.07) is 2.66. The van der Waals surface area contributed by atoms with E-state index in [1.165, 1.54) is 22.6 Å². The molecule has 0 radical (unpaired) electrons. The lowest BCUT2D eigenvalue weighted by Crippen LogP contribution is -2.42. The first-order valence-electron chi connectivity index (χ1n) is 4.78. The Morgan fingerprint density at radius 3 is 2.44 bits per heavy atom. The van der Waals surface area contributed by atoms with Gasteiger partial charge in [0.05, 0.1) is 5.56 Å². The van der Waals surface area contributed by atoms with E-state index in [4.69, 9.17) is 5.73 Å². The van der Waals surface area contributed by atoms with E-state index in [9.17, 15) is 13.2 Å². The molecule has 2 N–H and O–H groups in total. The molecule has 0 aliphatic carbocycles. The zero-order valence-corrected chi connectivity index (χ0v) is 9.27. The number of amides is 1. The van der Waals surface area contributed by atoms with Crippen LogP contribution in [-0.4, -0.2) is 36.7 Å². The van der Waals surface area contributed by atoms with Crippen LogP contribution in [0.3, 0.4) is 0 Å². The fraction of sp³-hybridized carbons (Fsp3) is 0.333. The first kappa shape index (κ1) is 11.0. The van der Waals surface area contributed by atoms with Crippen LogP contribution < -0.4 is 5.73 Å². The van der Waals surface area contributed by atoms with Gasteiger partial charge in [-0.25, -0.2) is 13.4 Å². The normalized spacial score (nSPS) is 16.8. The molecule has 1 amide bonds. The van der Waals surface area contributed by atoms with Gasteiger partial charge >= 0.3 is 0 Å². The van der Waals surface area contributed by atoms with Gasteiger partial charge in [0, 0.05) is 19.3 Å². The van der Waals surface area contributed by atoms with Crippen LogP contribution in [0.25, 0.3) is 0 Å². The van der Waals surface area contributed by atoms with Gasteiger partial charge in [0.2, 0.25) is 5.91 Å². The Bertz CT molecular complexity index is 505. The van der Waals surface area contributed by atoms with Crippen molar-refractivity contribution in [2.45, 2.75) is 11.4 Å². The second kappa shape index (κ2) is 3.84. The van der Waals surface area contributed by atoms with Gasteiger partial charge < -0.3 is 5.73 Å². The minimum Gasteiger partial charge on any atom is -0.366 e. The molecule has 2 rings (SSSR count). The van der Waals surface area contributed by atoms with Crippen molar-refractivity contribution in [3.8, 4) is 0 Å². The number of hydrogen-bond donors (Lipinski definition) is 1. The molecule has 6 nitrogen and oxygen atoms in total. The van der Waals surface area contributed by atoms with Crippen molar-refractivity contribution in [2.75, 3.05) is 13.1 Å². The number of sulfonamides is 1. The average molecular weight is 241 g/mol. The van der Waals surface area contributed by atoms with Crippen LogP contribution in [0.4, 0.5) is 0 Å². The van der Waals surface area contributed by atoms with Crippen molar-refractivity contribution in [1.29, 1.82) is 0 Å². The van der Waals surface area contributed by atoms with Crippen LogP contribution in [0.5, 0.6) is 0 Å². The SMILES string of the molecule is NC(=O)c1ccc(S(=O)(=O)N2CCC2)nc1. The Hall–Kier alpha value is -1.47. The number of hydrogen-bond acceptors (Lipinski definition) is 4. The van der Waals surface area contributed by atoms with Gasteiger partial charge in [-0.3, -0.25) is 4.79 Å². The van der Waals surface area contributed by atoms with Crippen molar-refractivity contribution in [1.82, 2.24) is 9.29 Å². The molecule has 0 atom stereocenters. The molecule has 1 aliphatic heterocycles. The molecule has 16 heavy (non-hydrogen) atoms. The smallest absolute Gasteiger partial charge is 0.260 e. The monoisotopic (exact) mass is 241 g/mol. The summed E-state index contributed by atoms with van der Waals surface area (Å²) in [4.78, 5) is 14.5. The molecule has 0 unspecified atom stereocenters. The average Bonchev–Trinajstić information content (AvgIpc) is 2.14. The molecule has 0 bridgehead atoms. The van der Waals surface area contributed by atoms with Gasteiger partial charge in [-0.15, -0.1) is 0 Å². The van der Waals surface area contributed by atoms with Crippen LogP contribution in [0, 0.1) is 0 Å². The molecule has 1 fully saturated rings. The summed E-state index contributed by atoms with van der Waals surface area (Å²) in [5.74, 6) is -0.625. The molecule has 2 heterocycles. The number of pyridine rings is 1. The fourth-order valence-corrected chi connectivity index (χ4v) is 2.77. The summed E-state index contributed by atoms with van der Waals surface area (Å²) < 4.78 is 25.0. The molecular weight excluding hydrogens is 230 g/mol. The largest absolute Gasteiger partial charge is 0.366 e. The molecule has 1 aromatic rings. The number of carbonyl (C=O) groups is 1. The lowest BCUT2D eigenvalue weighted by Gasteiger charge is -2.29.